The highest BCUT2D eigenvalue weighted by molar-refractivity contribution is 5.91. The Morgan fingerprint density at radius 3 is 1.47 bits per heavy atom. The third-order valence-electron chi connectivity index (χ3n) is 6.64. The first kappa shape index (κ1) is 25.1. The molecule has 4 heterocycles. The highest BCUT2D eigenvalue weighted by atomic mass is 16.2. The summed E-state index contributed by atoms with van der Waals surface area (Å²) in [6, 6.07) is 14.7. The number of amides is 2. The number of nitrogens with one attached hydrogen (secondary N) is 2. The van der Waals surface area contributed by atoms with Crippen molar-refractivity contribution in [3.8, 4) is 0 Å². The Morgan fingerprint density at radius 1 is 0.632 bits per heavy atom. The molecule has 0 bridgehead atoms. The predicted octanol–water partition coefficient (Wildman–Crippen LogP) is 3.86. The van der Waals surface area contributed by atoms with Gasteiger partial charge in [-0.2, -0.15) is 10.2 Å². The summed E-state index contributed by atoms with van der Waals surface area (Å²) in [4.78, 5) is 32.5. The van der Waals surface area contributed by atoms with Gasteiger partial charge in [-0.25, -0.2) is 0 Å². The number of carbonyl (C=O) groups is 2. The highest BCUT2D eigenvalue weighted by Gasteiger charge is 2.27. The van der Waals surface area contributed by atoms with Crippen LogP contribution in [0.3, 0.4) is 0 Å². The van der Waals surface area contributed by atoms with Crippen LogP contribution in [0, 0.1) is 0 Å². The van der Waals surface area contributed by atoms with Gasteiger partial charge < -0.3 is 10.6 Å². The van der Waals surface area contributed by atoms with Gasteiger partial charge in [0.1, 0.15) is 0 Å². The number of hydrogen-bond donors (Lipinski definition) is 2. The van der Waals surface area contributed by atoms with Crippen molar-refractivity contribution < 1.29 is 9.59 Å². The minimum Gasteiger partial charge on any atom is -0.309 e. The van der Waals surface area contributed by atoms with E-state index >= 15 is 0 Å². The van der Waals surface area contributed by atoms with Crippen LogP contribution in [0.5, 0.6) is 0 Å². The highest BCUT2D eigenvalue weighted by Crippen LogP contribution is 2.40. The standard InChI is InChI=1S/C28H28N8O2/c37-27(16-19-8-12-29-13-9-19)31-25-6-4-23(33-35-25)21-2-1-3-22(18-21)24-5-7-26(36-34-24)32-28(38)17-20-10-14-30-15-11-20/h4-15,21-22H,1-3,16-18H2,(H,31,35,37)(H,32,36,38)/t21-,22-/m1/s1. The summed E-state index contributed by atoms with van der Waals surface area (Å²) in [5, 5.41) is 22.9. The maximum absolute atomic E-state index is 12.3. The van der Waals surface area contributed by atoms with E-state index in [1.807, 2.05) is 36.4 Å². The lowest BCUT2D eigenvalue weighted by Crippen LogP contribution is -2.18. The summed E-state index contributed by atoms with van der Waals surface area (Å²) in [6.07, 6.45) is 11.2. The van der Waals surface area contributed by atoms with E-state index in [1.54, 1.807) is 36.9 Å². The average Bonchev–Trinajstić information content (AvgIpc) is 2.95. The molecule has 2 N–H and O–H groups in total. The van der Waals surface area contributed by atoms with Crippen molar-refractivity contribution in [2.24, 2.45) is 0 Å². The van der Waals surface area contributed by atoms with Crippen molar-refractivity contribution in [1.29, 1.82) is 0 Å². The van der Waals surface area contributed by atoms with Gasteiger partial charge >= 0.3 is 0 Å². The fraction of sp³-hybridized carbons (Fsp3) is 0.286. The number of carbonyl (C=O) groups excluding carboxylic acids is 2. The number of pyridine rings is 2. The summed E-state index contributed by atoms with van der Waals surface area (Å²) in [7, 11) is 0. The van der Waals surface area contributed by atoms with Crippen LogP contribution in [-0.2, 0) is 22.4 Å². The van der Waals surface area contributed by atoms with Crippen molar-refractivity contribution in [1.82, 2.24) is 30.4 Å². The molecule has 0 unspecified atom stereocenters. The van der Waals surface area contributed by atoms with Crippen LogP contribution in [0.4, 0.5) is 11.6 Å². The van der Waals surface area contributed by atoms with E-state index in [2.05, 4.69) is 41.0 Å². The Bertz CT molecular complexity index is 1240. The zero-order chi connectivity index (χ0) is 26.2. The Kier molecular flexibility index (Phi) is 7.98. The summed E-state index contributed by atoms with van der Waals surface area (Å²) >= 11 is 0. The molecule has 1 aliphatic rings. The van der Waals surface area contributed by atoms with Crippen LogP contribution in [0.1, 0.15) is 60.0 Å². The quantitative estimate of drug-likeness (QED) is 0.366. The second kappa shape index (κ2) is 12.1. The van der Waals surface area contributed by atoms with Gasteiger partial charge in [0.25, 0.3) is 0 Å². The molecule has 4 aromatic rings. The zero-order valence-corrected chi connectivity index (χ0v) is 20.8. The number of aromatic nitrogens is 6. The molecule has 10 heteroatoms. The second-order valence-electron chi connectivity index (χ2n) is 9.41. The minimum absolute atomic E-state index is 0.147. The van der Waals surface area contributed by atoms with Crippen molar-refractivity contribution in [3.05, 3.63) is 95.8 Å². The molecule has 2 amide bonds. The maximum atomic E-state index is 12.3. The first-order chi connectivity index (χ1) is 18.6. The normalized spacial score (nSPS) is 16.9. The molecule has 0 aromatic carbocycles. The van der Waals surface area contributed by atoms with Crippen LogP contribution in [-0.4, -0.2) is 42.2 Å². The molecule has 1 saturated carbocycles. The molecule has 5 rings (SSSR count). The largest absolute Gasteiger partial charge is 0.309 e. The zero-order valence-electron chi connectivity index (χ0n) is 20.8. The SMILES string of the molecule is O=C(Cc1ccncc1)Nc1ccc([C@@H]2CCC[C@@H](c3ccc(NC(=O)Cc4ccncc4)nn3)C2)nn1. The van der Waals surface area contributed by atoms with Crippen molar-refractivity contribution in [2.45, 2.75) is 50.4 Å². The van der Waals surface area contributed by atoms with E-state index in [-0.39, 0.29) is 36.5 Å². The molecule has 192 valence electrons. The van der Waals surface area contributed by atoms with Gasteiger partial charge in [0.15, 0.2) is 11.6 Å². The summed E-state index contributed by atoms with van der Waals surface area (Å²) in [5.41, 5.74) is 3.60. The summed E-state index contributed by atoms with van der Waals surface area (Å²) in [5.74, 6) is 1.09. The topological polar surface area (TPSA) is 136 Å². The lowest BCUT2D eigenvalue weighted by molar-refractivity contribution is -0.116. The van der Waals surface area contributed by atoms with Crippen LogP contribution >= 0.6 is 0 Å². The molecule has 1 aliphatic carbocycles. The van der Waals surface area contributed by atoms with Gasteiger partial charge in [0, 0.05) is 36.6 Å². The molecule has 0 saturated heterocycles. The third-order valence-corrected chi connectivity index (χ3v) is 6.64. The fourth-order valence-corrected chi connectivity index (χ4v) is 4.73. The summed E-state index contributed by atoms with van der Waals surface area (Å²) in [6.45, 7) is 0. The molecule has 0 spiro atoms. The molecular weight excluding hydrogens is 480 g/mol. The number of nitrogens with zero attached hydrogens (tertiary/aromatic N) is 6. The second-order valence-corrected chi connectivity index (χ2v) is 9.41. The van der Waals surface area contributed by atoms with Gasteiger partial charge in [-0.3, -0.25) is 19.6 Å². The maximum Gasteiger partial charge on any atom is 0.229 e. The van der Waals surface area contributed by atoms with E-state index in [0.29, 0.717) is 11.6 Å². The van der Waals surface area contributed by atoms with Crippen LogP contribution in [0.25, 0.3) is 0 Å². The molecule has 1 fully saturated rings. The van der Waals surface area contributed by atoms with Gasteiger partial charge in [0.2, 0.25) is 11.8 Å². The van der Waals surface area contributed by atoms with Crippen LogP contribution < -0.4 is 10.6 Å². The minimum atomic E-state index is -0.147. The van der Waals surface area contributed by atoms with Crippen LogP contribution in [0.15, 0.2) is 73.3 Å². The predicted molar refractivity (Wildman–Crippen MR) is 141 cm³/mol. The molecule has 38 heavy (non-hydrogen) atoms. The molecule has 0 radical (unpaired) electrons. The Morgan fingerprint density at radius 2 is 1.08 bits per heavy atom. The van der Waals surface area contributed by atoms with Gasteiger partial charge in [-0.1, -0.05) is 6.42 Å². The van der Waals surface area contributed by atoms with E-state index in [1.165, 1.54) is 0 Å². The third kappa shape index (κ3) is 6.78. The van der Waals surface area contributed by atoms with Crippen molar-refractivity contribution in [2.75, 3.05) is 10.6 Å². The van der Waals surface area contributed by atoms with Crippen molar-refractivity contribution >= 4 is 23.5 Å². The number of anilines is 2. The van der Waals surface area contributed by atoms with Crippen molar-refractivity contribution in [3.63, 3.8) is 0 Å². The molecule has 2 atom stereocenters. The molecule has 0 aliphatic heterocycles. The smallest absolute Gasteiger partial charge is 0.229 e. The molecule has 4 aromatic heterocycles. The lowest BCUT2D eigenvalue weighted by Gasteiger charge is -2.28. The molecular formula is C28H28N8O2. The van der Waals surface area contributed by atoms with E-state index in [4.69, 9.17) is 0 Å². The van der Waals surface area contributed by atoms with Crippen LogP contribution in [0.2, 0.25) is 0 Å². The Hall–Kier alpha value is -4.60. The average molecular weight is 509 g/mol. The molecule has 10 nitrogen and oxygen atoms in total. The first-order valence-corrected chi connectivity index (χ1v) is 12.7. The van der Waals surface area contributed by atoms with Gasteiger partial charge in [-0.05, 0) is 78.9 Å². The van der Waals surface area contributed by atoms with E-state index < -0.39 is 0 Å². The van der Waals surface area contributed by atoms with E-state index in [0.717, 1.165) is 48.2 Å². The van der Waals surface area contributed by atoms with E-state index in [9.17, 15) is 9.59 Å². The monoisotopic (exact) mass is 508 g/mol. The fourth-order valence-electron chi connectivity index (χ4n) is 4.73. The number of rotatable bonds is 8. The van der Waals surface area contributed by atoms with Gasteiger partial charge in [-0.15, -0.1) is 10.2 Å². The Balaban J connectivity index is 1.14. The Labute approximate surface area is 220 Å². The van der Waals surface area contributed by atoms with Gasteiger partial charge in [0.05, 0.1) is 24.2 Å². The number of hydrogen-bond acceptors (Lipinski definition) is 8. The lowest BCUT2D eigenvalue weighted by atomic mass is 9.78. The summed E-state index contributed by atoms with van der Waals surface area (Å²) < 4.78 is 0. The first-order valence-electron chi connectivity index (χ1n) is 12.7.